The fourth-order valence-electron chi connectivity index (χ4n) is 2.35. The molecule has 0 aliphatic heterocycles. The number of amides is 1. The maximum absolute atomic E-state index is 13.0. The van der Waals surface area contributed by atoms with E-state index in [2.05, 4.69) is 33.1 Å². The molecular formula is C18H16ClF3IN3O3S. The topological polar surface area (TPSA) is 78.8 Å². The van der Waals surface area contributed by atoms with Crippen LogP contribution in [0.4, 0.5) is 18.9 Å². The Morgan fingerprint density at radius 3 is 2.47 bits per heavy atom. The third-order valence-corrected chi connectivity index (χ3v) is 5.94. The number of anilines is 1. The first kappa shape index (κ1) is 24.4. The molecule has 0 saturated heterocycles. The molecule has 0 bridgehead atoms. The highest BCUT2D eigenvalue weighted by atomic mass is 127. The Balaban J connectivity index is 2.28. The molecule has 0 saturated carbocycles. The van der Waals surface area contributed by atoms with E-state index in [0.717, 1.165) is 27.5 Å². The van der Waals surface area contributed by atoms with Gasteiger partial charge in [0.1, 0.15) is 6.54 Å². The number of rotatable bonds is 6. The second-order valence-corrected chi connectivity index (χ2v) is 9.74. The number of nitrogens with one attached hydrogen (secondary N) is 1. The predicted molar refractivity (Wildman–Crippen MR) is 118 cm³/mol. The smallest absolute Gasteiger partial charge is 0.271 e. The number of alkyl halides is 3. The molecule has 0 aliphatic rings. The van der Waals surface area contributed by atoms with Crippen LogP contribution in [-0.4, -0.2) is 32.8 Å². The quantitative estimate of drug-likeness (QED) is 0.319. The van der Waals surface area contributed by atoms with E-state index in [1.165, 1.54) is 0 Å². The van der Waals surface area contributed by atoms with E-state index in [9.17, 15) is 26.4 Å². The summed E-state index contributed by atoms with van der Waals surface area (Å²) in [6.45, 7) is 0.840. The van der Waals surface area contributed by atoms with Crippen LogP contribution in [0.5, 0.6) is 0 Å². The van der Waals surface area contributed by atoms with Gasteiger partial charge in [-0.15, -0.1) is 0 Å². The average molecular weight is 574 g/mol. The van der Waals surface area contributed by atoms with Crippen molar-refractivity contribution in [2.24, 2.45) is 5.10 Å². The van der Waals surface area contributed by atoms with Gasteiger partial charge in [-0.2, -0.15) is 18.3 Å². The molecule has 0 radical (unpaired) electrons. The molecule has 2 aromatic rings. The van der Waals surface area contributed by atoms with Gasteiger partial charge in [-0.25, -0.2) is 13.8 Å². The first-order valence-electron chi connectivity index (χ1n) is 8.22. The Labute approximate surface area is 190 Å². The zero-order valence-corrected chi connectivity index (χ0v) is 19.4. The highest BCUT2D eigenvalue weighted by molar-refractivity contribution is 14.1. The van der Waals surface area contributed by atoms with Gasteiger partial charge >= 0.3 is 6.18 Å². The third-order valence-electron chi connectivity index (χ3n) is 3.82. The molecule has 1 N–H and O–H groups in total. The lowest BCUT2D eigenvalue weighted by molar-refractivity contribution is -0.137. The number of sulfonamides is 1. The molecule has 0 aromatic heterocycles. The molecule has 0 spiro atoms. The van der Waals surface area contributed by atoms with Crippen LogP contribution < -0.4 is 9.73 Å². The molecule has 162 valence electrons. The summed E-state index contributed by atoms with van der Waals surface area (Å²) in [5, 5.41) is 3.67. The minimum atomic E-state index is -4.71. The number of carbonyl (C=O) groups is 1. The van der Waals surface area contributed by atoms with Crippen LogP contribution in [0.15, 0.2) is 47.6 Å². The number of nitrogens with zero attached hydrogens (tertiary/aromatic N) is 2. The average Bonchev–Trinajstić information content (AvgIpc) is 2.63. The van der Waals surface area contributed by atoms with Crippen LogP contribution >= 0.6 is 34.2 Å². The molecule has 0 unspecified atom stereocenters. The molecule has 2 aromatic carbocycles. The maximum Gasteiger partial charge on any atom is 0.416 e. The lowest BCUT2D eigenvalue weighted by Gasteiger charge is -2.23. The summed E-state index contributed by atoms with van der Waals surface area (Å²) in [6.07, 6.45) is -3.95. The van der Waals surface area contributed by atoms with Crippen LogP contribution in [-0.2, 0) is 21.0 Å². The molecule has 30 heavy (non-hydrogen) atoms. The normalized spacial score (nSPS) is 12.6. The van der Waals surface area contributed by atoms with Crippen molar-refractivity contribution in [1.29, 1.82) is 0 Å². The lowest BCUT2D eigenvalue weighted by atomic mass is 10.1. The van der Waals surface area contributed by atoms with Crippen molar-refractivity contribution in [3.8, 4) is 0 Å². The number of benzene rings is 2. The summed E-state index contributed by atoms with van der Waals surface area (Å²) in [5.41, 5.74) is 1.86. The SMILES string of the molecule is C/C(=N\NC(=O)CN(c1cc(C(F)(F)F)ccc1Cl)S(C)(=O)=O)c1cccc(I)c1. The van der Waals surface area contributed by atoms with Gasteiger partial charge in [0.15, 0.2) is 0 Å². The zero-order valence-electron chi connectivity index (χ0n) is 15.7. The summed E-state index contributed by atoms with van der Waals surface area (Å²) in [5.74, 6) is -0.848. The van der Waals surface area contributed by atoms with Gasteiger partial charge in [-0.05, 0) is 65.4 Å². The second-order valence-electron chi connectivity index (χ2n) is 6.18. The first-order valence-corrected chi connectivity index (χ1v) is 11.5. The summed E-state index contributed by atoms with van der Waals surface area (Å²) in [6, 6.07) is 9.51. The Morgan fingerprint density at radius 2 is 1.90 bits per heavy atom. The van der Waals surface area contributed by atoms with Crippen molar-refractivity contribution >= 4 is 61.5 Å². The fourth-order valence-corrected chi connectivity index (χ4v) is 4.02. The van der Waals surface area contributed by atoms with Gasteiger partial charge < -0.3 is 0 Å². The molecular weight excluding hydrogens is 558 g/mol. The van der Waals surface area contributed by atoms with Crippen LogP contribution in [0.1, 0.15) is 18.1 Å². The van der Waals surface area contributed by atoms with E-state index in [-0.39, 0.29) is 5.02 Å². The molecule has 2 rings (SSSR count). The van der Waals surface area contributed by atoms with Crippen LogP contribution in [0.3, 0.4) is 0 Å². The van der Waals surface area contributed by atoms with Gasteiger partial charge in [0.05, 0.1) is 28.2 Å². The van der Waals surface area contributed by atoms with Crippen molar-refractivity contribution in [3.05, 3.63) is 62.2 Å². The highest BCUT2D eigenvalue weighted by Gasteiger charge is 2.33. The molecule has 12 heteroatoms. The van der Waals surface area contributed by atoms with E-state index in [1.807, 2.05) is 12.1 Å². The predicted octanol–water partition coefficient (Wildman–Crippen LogP) is 4.27. The molecule has 1 amide bonds. The molecule has 0 heterocycles. The Hall–Kier alpha value is -1.86. The van der Waals surface area contributed by atoms with Gasteiger partial charge in [-0.1, -0.05) is 23.7 Å². The molecule has 6 nitrogen and oxygen atoms in total. The highest BCUT2D eigenvalue weighted by Crippen LogP contribution is 2.36. The molecule has 0 fully saturated rings. The van der Waals surface area contributed by atoms with Crippen LogP contribution in [0.25, 0.3) is 0 Å². The zero-order chi connectivity index (χ0) is 22.7. The van der Waals surface area contributed by atoms with Crippen molar-refractivity contribution in [1.82, 2.24) is 5.43 Å². The number of carbonyl (C=O) groups excluding carboxylic acids is 1. The van der Waals surface area contributed by atoms with Gasteiger partial charge in [0.2, 0.25) is 10.0 Å². The summed E-state index contributed by atoms with van der Waals surface area (Å²) < 4.78 is 64.8. The fraction of sp³-hybridized carbons (Fsp3) is 0.222. The Morgan fingerprint density at radius 1 is 1.23 bits per heavy atom. The van der Waals surface area contributed by atoms with Gasteiger partial charge in [-0.3, -0.25) is 9.10 Å². The molecule has 0 atom stereocenters. The van der Waals surface area contributed by atoms with Crippen molar-refractivity contribution in [2.75, 3.05) is 17.1 Å². The van der Waals surface area contributed by atoms with E-state index in [0.29, 0.717) is 16.1 Å². The largest absolute Gasteiger partial charge is 0.416 e. The minimum Gasteiger partial charge on any atom is -0.271 e. The second kappa shape index (κ2) is 9.52. The van der Waals surface area contributed by atoms with Crippen LogP contribution in [0.2, 0.25) is 5.02 Å². The first-order chi connectivity index (χ1) is 13.8. The van der Waals surface area contributed by atoms with Crippen molar-refractivity contribution in [3.63, 3.8) is 0 Å². The standard InChI is InChI=1S/C18H16ClF3IN3O3S/c1-11(12-4-3-5-14(23)8-12)24-25-17(27)10-26(30(2,28)29)16-9-13(18(20,21)22)6-7-15(16)19/h3-9H,10H2,1-2H3,(H,25,27)/b24-11+. The monoisotopic (exact) mass is 573 g/mol. The van der Waals surface area contributed by atoms with E-state index in [1.54, 1.807) is 19.1 Å². The number of hydrogen-bond acceptors (Lipinski definition) is 4. The van der Waals surface area contributed by atoms with Crippen molar-refractivity contribution in [2.45, 2.75) is 13.1 Å². The van der Waals surface area contributed by atoms with Crippen molar-refractivity contribution < 1.29 is 26.4 Å². The summed E-state index contributed by atoms with van der Waals surface area (Å²) >= 11 is 8.03. The van der Waals surface area contributed by atoms with Gasteiger partial charge in [0, 0.05) is 3.57 Å². The lowest BCUT2D eigenvalue weighted by Crippen LogP contribution is -2.39. The van der Waals surface area contributed by atoms with E-state index in [4.69, 9.17) is 11.6 Å². The number of hydrogen-bond donors (Lipinski definition) is 1. The minimum absolute atomic E-state index is 0.250. The summed E-state index contributed by atoms with van der Waals surface area (Å²) in [7, 11) is -4.12. The third kappa shape index (κ3) is 6.57. The summed E-state index contributed by atoms with van der Waals surface area (Å²) in [4.78, 5) is 12.3. The molecule has 0 aliphatic carbocycles. The van der Waals surface area contributed by atoms with Gasteiger partial charge in [0.25, 0.3) is 5.91 Å². The maximum atomic E-state index is 13.0. The van der Waals surface area contributed by atoms with E-state index >= 15 is 0 Å². The number of hydrazone groups is 1. The van der Waals surface area contributed by atoms with Crippen LogP contribution in [0, 0.1) is 3.57 Å². The Kier molecular flexibility index (Phi) is 7.74. The number of halogens is 5. The van der Waals surface area contributed by atoms with E-state index < -0.39 is 39.9 Å². The Bertz CT molecular complexity index is 1090.